The van der Waals surface area contributed by atoms with Gasteiger partial charge in [0.2, 0.25) is 0 Å². The summed E-state index contributed by atoms with van der Waals surface area (Å²) in [6, 6.07) is 8.31. The van der Waals surface area contributed by atoms with Gasteiger partial charge in [-0.05, 0) is 30.5 Å². The molecule has 2 aliphatic heterocycles. The first-order chi connectivity index (χ1) is 16.8. The van der Waals surface area contributed by atoms with Crippen molar-refractivity contribution in [2.24, 2.45) is 0 Å². The number of nitro groups is 1. The van der Waals surface area contributed by atoms with Crippen molar-refractivity contribution in [3.63, 3.8) is 0 Å². The molecule has 0 radical (unpaired) electrons. The second-order valence-electron chi connectivity index (χ2n) is 8.43. The predicted octanol–water partition coefficient (Wildman–Crippen LogP) is 5.29. The van der Waals surface area contributed by atoms with Gasteiger partial charge in [-0.3, -0.25) is 15.1 Å². The van der Waals surface area contributed by atoms with Crippen molar-refractivity contribution in [1.29, 1.82) is 5.26 Å². The van der Waals surface area contributed by atoms with E-state index in [0.717, 1.165) is 12.1 Å². The zero-order valence-electron chi connectivity index (χ0n) is 18.3. The van der Waals surface area contributed by atoms with Crippen LogP contribution in [0.5, 0.6) is 5.75 Å². The number of pyridine rings is 1. The molecule has 0 N–H and O–H groups in total. The van der Waals surface area contributed by atoms with Crippen molar-refractivity contribution in [3.8, 4) is 11.8 Å². The van der Waals surface area contributed by atoms with Gasteiger partial charge in [0.25, 0.3) is 0 Å². The van der Waals surface area contributed by atoms with Gasteiger partial charge in [0, 0.05) is 42.4 Å². The fraction of sp³-hybridized carbons (Fsp3) is 0.333. The van der Waals surface area contributed by atoms with Crippen molar-refractivity contribution >= 4 is 28.0 Å². The molecule has 11 heteroatoms. The normalized spacial score (nSPS) is 17.8. The topological polar surface area (TPSA) is 102 Å². The number of rotatable bonds is 4. The van der Waals surface area contributed by atoms with Crippen LogP contribution in [0.3, 0.4) is 0 Å². The van der Waals surface area contributed by atoms with E-state index in [1.54, 1.807) is 4.90 Å². The van der Waals surface area contributed by atoms with Crippen LogP contribution in [-0.4, -0.2) is 35.8 Å². The van der Waals surface area contributed by atoms with Crippen molar-refractivity contribution < 1.29 is 27.6 Å². The molecule has 1 unspecified atom stereocenters. The summed E-state index contributed by atoms with van der Waals surface area (Å²) in [7, 11) is 0. The Morgan fingerprint density at radius 2 is 2.11 bits per heavy atom. The first-order valence-electron chi connectivity index (χ1n) is 11.0. The summed E-state index contributed by atoms with van der Waals surface area (Å²) in [4.78, 5) is 17.2. The second-order valence-corrected chi connectivity index (χ2v) is 8.43. The quantitative estimate of drug-likeness (QED) is 0.367. The Kier molecular flexibility index (Phi) is 5.68. The number of nitriles is 1. The molecule has 0 amide bonds. The molecule has 1 saturated heterocycles. The zero-order valence-corrected chi connectivity index (χ0v) is 18.3. The molecule has 180 valence electrons. The molecule has 0 saturated carbocycles. The van der Waals surface area contributed by atoms with Crippen LogP contribution < -0.4 is 9.64 Å². The molecule has 0 spiro atoms. The molecule has 1 aromatic heterocycles. The van der Waals surface area contributed by atoms with E-state index in [2.05, 4.69) is 4.98 Å². The summed E-state index contributed by atoms with van der Waals surface area (Å²) in [6.45, 7) is 1.15. The van der Waals surface area contributed by atoms with E-state index >= 15 is 0 Å². The van der Waals surface area contributed by atoms with Gasteiger partial charge in [-0.15, -0.1) is 0 Å². The lowest BCUT2D eigenvalue weighted by Gasteiger charge is -2.33. The lowest BCUT2D eigenvalue weighted by Crippen LogP contribution is -2.26. The predicted molar refractivity (Wildman–Crippen MR) is 120 cm³/mol. The van der Waals surface area contributed by atoms with Gasteiger partial charge in [-0.25, -0.2) is 0 Å². The Morgan fingerprint density at radius 3 is 2.80 bits per heavy atom. The van der Waals surface area contributed by atoms with E-state index in [1.165, 1.54) is 24.4 Å². The number of aromatic nitrogens is 1. The molecule has 0 aliphatic carbocycles. The number of alkyl halides is 3. The average Bonchev–Trinajstić information content (AvgIpc) is 3.34. The van der Waals surface area contributed by atoms with Crippen molar-refractivity contribution in [2.45, 2.75) is 31.5 Å². The summed E-state index contributed by atoms with van der Waals surface area (Å²) in [5, 5.41) is 22.0. The summed E-state index contributed by atoms with van der Waals surface area (Å²) in [5.41, 5.74) is 0.628. The largest absolute Gasteiger partial charge is 0.481 e. The molecule has 3 heterocycles. The fourth-order valence-electron chi connectivity index (χ4n) is 4.57. The first kappa shape index (κ1) is 22.9. The van der Waals surface area contributed by atoms with Crippen LogP contribution in [0.1, 0.15) is 29.5 Å². The zero-order chi connectivity index (χ0) is 24.7. The van der Waals surface area contributed by atoms with Crippen LogP contribution in [0, 0.1) is 21.4 Å². The minimum absolute atomic E-state index is 0.0274. The van der Waals surface area contributed by atoms with Crippen LogP contribution in [-0.2, 0) is 17.3 Å². The summed E-state index contributed by atoms with van der Waals surface area (Å²) in [6.07, 6.45) is -1.74. The Morgan fingerprint density at radius 1 is 1.29 bits per heavy atom. The maximum atomic E-state index is 13.5. The summed E-state index contributed by atoms with van der Waals surface area (Å²) < 4.78 is 51.5. The van der Waals surface area contributed by atoms with E-state index in [1.807, 2.05) is 6.07 Å². The first-order valence-corrected chi connectivity index (χ1v) is 11.0. The Hall–Kier alpha value is -3.91. The van der Waals surface area contributed by atoms with Gasteiger partial charge in [0.15, 0.2) is 5.75 Å². The highest BCUT2D eigenvalue weighted by atomic mass is 19.4. The Balaban J connectivity index is 1.70. The SMILES string of the molecule is N#Cc1cnc2cc(OC3CCOC3)c([N+](=O)[O-])cc2c1N1CCCc2ccc(C(F)(F)F)cc21. The molecule has 8 nitrogen and oxygen atoms in total. The molecule has 5 rings (SSSR count). The lowest BCUT2D eigenvalue weighted by molar-refractivity contribution is -0.385. The molecular weight excluding hydrogens is 465 g/mol. The number of fused-ring (bicyclic) bond motifs is 2. The summed E-state index contributed by atoms with van der Waals surface area (Å²) >= 11 is 0. The molecule has 0 bridgehead atoms. The third-order valence-electron chi connectivity index (χ3n) is 6.22. The number of benzene rings is 2. The van der Waals surface area contributed by atoms with Gasteiger partial charge in [0.05, 0.1) is 40.5 Å². The number of aryl methyl sites for hydroxylation is 1. The number of hydrogen-bond acceptors (Lipinski definition) is 7. The van der Waals surface area contributed by atoms with Crippen molar-refractivity contribution in [1.82, 2.24) is 4.98 Å². The van der Waals surface area contributed by atoms with Crippen molar-refractivity contribution in [3.05, 3.63) is 63.3 Å². The fourth-order valence-corrected chi connectivity index (χ4v) is 4.57. The van der Waals surface area contributed by atoms with Gasteiger partial charge in [0.1, 0.15) is 12.2 Å². The number of nitro benzene ring substituents is 1. The maximum Gasteiger partial charge on any atom is 0.416 e. The van der Waals surface area contributed by atoms with Crippen LogP contribution in [0.25, 0.3) is 10.9 Å². The maximum absolute atomic E-state index is 13.5. The van der Waals surface area contributed by atoms with E-state index in [0.29, 0.717) is 55.8 Å². The Labute approximate surface area is 197 Å². The molecular formula is C24H19F3N4O4. The highest BCUT2D eigenvalue weighted by Gasteiger charge is 2.33. The van der Waals surface area contributed by atoms with E-state index < -0.39 is 16.7 Å². The van der Waals surface area contributed by atoms with Crippen LogP contribution >= 0.6 is 0 Å². The lowest BCUT2D eigenvalue weighted by atomic mass is 9.97. The van der Waals surface area contributed by atoms with Gasteiger partial charge in [-0.1, -0.05) is 6.07 Å². The van der Waals surface area contributed by atoms with Crippen LogP contribution in [0.15, 0.2) is 36.5 Å². The van der Waals surface area contributed by atoms with Gasteiger partial charge >= 0.3 is 11.9 Å². The number of anilines is 2. The number of hydrogen-bond donors (Lipinski definition) is 0. The second kappa shape index (κ2) is 8.70. The molecule has 3 aromatic rings. The Bertz CT molecular complexity index is 1360. The van der Waals surface area contributed by atoms with Crippen LogP contribution in [0.2, 0.25) is 0 Å². The van der Waals surface area contributed by atoms with Crippen LogP contribution in [0.4, 0.5) is 30.2 Å². The van der Waals surface area contributed by atoms with Gasteiger partial charge in [-0.2, -0.15) is 18.4 Å². The number of nitrogens with zero attached hydrogens (tertiary/aromatic N) is 4. The van der Waals surface area contributed by atoms with E-state index in [4.69, 9.17) is 9.47 Å². The standard InChI is InChI=1S/C24H19F3N4O4/c25-24(26,27)16-4-3-14-2-1-6-30(20(14)8-16)23-15(11-28)12-29-19-10-22(35-17-5-7-34-13-17)21(31(32)33)9-18(19)23/h3-4,8-10,12,17H,1-2,5-7,13H2. The smallest absolute Gasteiger partial charge is 0.416 e. The van der Waals surface area contributed by atoms with Crippen molar-refractivity contribution in [2.75, 3.05) is 24.7 Å². The molecule has 1 fully saturated rings. The average molecular weight is 484 g/mol. The molecule has 1 atom stereocenters. The number of ether oxygens (including phenoxy) is 2. The minimum atomic E-state index is -4.54. The highest BCUT2D eigenvalue weighted by Crippen LogP contribution is 2.44. The molecule has 2 aliphatic rings. The van der Waals surface area contributed by atoms with E-state index in [9.17, 15) is 28.5 Å². The number of halogens is 3. The summed E-state index contributed by atoms with van der Waals surface area (Å²) in [5.74, 6) is 0.0274. The third kappa shape index (κ3) is 4.21. The minimum Gasteiger partial charge on any atom is -0.481 e. The molecule has 2 aromatic carbocycles. The van der Waals surface area contributed by atoms with E-state index in [-0.39, 0.29) is 34.2 Å². The molecule has 35 heavy (non-hydrogen) atoms. The third-order valence-corrected chi connectivity index (χ3v) is 6.22. The monoisotopic (exact) mass is 484 g/mol. The van der Waals surface area contributed by atoms with Gasteiger partial charge < -0.3 is 14.4 Å². The highest BCUT2D eigenvalue weighted by molar-refractivity contribution is 5.99.